The van der Waals surface area contributed by atoms with Crippen molar-refractivity contribution in [2.75, 3.05) is 42.7 Å². The Morgan fingerprint density at radius 3 is 0.254 bits per heavy atom. The minimum atomic E-state index is 0.500. The highest BCUT2D eigenvalue weighted by molar-refractivity contribution is 5.01. The molecule has 4 aromatic rings. The van der Waals surface area contributed by atoms with Crippen molar-refractivity contribution in [2.24, 2.45) is 21.7 Å². The lowest BCUT2D eigenvalue weighted by Crippen LogP contribution is -1.93. The van der Waals surface area contributed by atoms with Gasteiger partial charge in [0, 0.05) is 42.7 Å². The molecule has 0 atom stereocenters. The number of benzene rings is 4. The lowest BCUT2D eigenvalue weighted by molar-refractivity contribution is 0.277. The van der Waals surface area contributed by atoms with Gasteiger partial charge in [-0.25, -0.2) is 0 Å². The molecule has 1 saturated carbocycles. The van der Waals surface area contributed by atoms with Crippen molar-refractivity contribution in [1.82, 2.24) is 0 Å². The van der Waals surface area contributed by atoms with E-state index < -0.39 is 0 Å². The summed E-state index contributed by atoms with van der Waals surface area (Å²) in [7, 11) is 9.75. The van der Waals surface area contributed by atoms with E-state index in [0.29, 0.717) is 21.7 Å². The van der Waals surface area contributed by atoms with E-state index in [-0.39, 0.29) is 0 Å². The van der Waals surface area contributed by atoms with Gasteiger partial charge >= 0.3 is 0 Å². The first-order valence-corrected chi connectivity index (χ1v) is 21.4. The lowest BCUT2D eigenvalue weighted by atomic mass is 10.0. The van der Waals surface area contributed by atoms with Gasteiger partial charge in [0.05, 0.1) is 0 Å². The summed E-state index contributed by atoms with van der Waals surface area (Å²) in [5, 5.41) is 0. The van der Waals surface area contributed by atoms with Gasteiger partial charge in [-0.3, -0.25) is 0 Å². The fourth-order valence-electron chi connectivity index (χ4n) is 2.60. The number of methoxy groups -OCH3 is 3. The molecule has 1 aliphatic carbocycles. The van der Waals surface area contributed by atoms with Crippen molar-refractivity contribution in [3.05, 3.63) is 146 Å². The third-order valence-electron chi connectivity index (χ3n) is 4.17. The van der Waals surface area contributed by atoms with Crippen LogP contribution in [0.2, 0.25) is 0 Å². The summed E-state index contributed by atoms with van der Waals surface area (Å²) in [5.74, 6) is 0. The average Bonchev–Trinajstić information content (AvgIpc) is 3.15. The van der Waals surface area contributed by atoms with Crippen LogP contribution in [-0.2, 0) is 14.2 Å². The Morgan fingerprint density at radius 1 is 0.186 bits per heavy atom. The van der Waals surface area contributed by atoms with Crippen LogP contribution in [0.5, 0.6) is 0 Å². The van der Waals surface area contributed by atoms with E-state index in [1.54, 1.807) is 42.7 Å². The highest BCUT2D eigenvalue weighted by Gasteiger charge is 1.97. The van der Waals surface area contributed by atoms with Gasteiger partial charge in [-0.05, 0) is 21.7 Å². The summed E-state index contributed by atoms with van der Waals surface area (Å²) in [5.41, 5.74) is 2.00. The topological polar surface area (TPSA) is 27.7 Å². The van der Waals surface area contributed by atoms with Crippen molar-refractivity contribution >= 4 is 0 Å². The summed E-state index contributed by atoms with van der Waals surface area (Å²) < 4.78 is 12.8. The minimum absolute atomic E-state index is 0.500. The van der Waals surface area contributed by atoms with Gasteiger partial charge in [0.1, 0.15) is 0 Å². The molecule has 0 radical (unpaired) electrons. The quantitative estimate of drug-likeness (QED) is 0.177. The molecule has 0 bridgehead atoms. The fraction of sp³-hybridized carbons (Fsp3) is 0.571. The van der Waals surface area contributed by atoms with Crippen LogP contribution in [0, 0.1) is 21.7 Å². The van der Waals surface area contributed by atoms with Crippen LogP contribution < -0.4 is 0 Å². The van der Waals surface area contributed by atoms with Gasteiger partial charge < -0.3 is 14.2 Å². The van der Waals surface area contributed by atoms with E-state index in [1.807, 2.05) is 146 Å². The Labute approximate surface area is 372 Å². The van der Waals surface area contributed by atoms with E-state index in [9.17, 15) is 0 Å². The minimum Gasteiger partial charge on any atom is -0.388 e. The summed E-state index contributed by atoms with van der Waals surface area (Å²) >= 11 is 0. The SMILES string of the molecule is C1CCCCC1.CC(C)(C)C.CC(C)(C)C.CC(C)(C)C.CC(C)(C)C.COC.COC.COC.c1ccccc1.c1ccccc1.c1ccccc1.c1ccccc1. The van der Waals surface area contributed by atoms with Crippen LogP contribution in [0.1, 0.15) is 149 Å². The highest BCUT2D eigenvalue weighted by Crippen LogP contribution is 2.15. The monoisotopic (exact) mass is 823 g/mol. The molecule has 0 amide bonds. The van der Waals surface area contributed by atoms with Gasteiger partial charge in [0.2, 0.25) is 0 Å². The zero-order valence-corrected chi connectivity index (χ0v) is 43.3. The maximum Gasteiger partial charge on any atom is 0.0351 e. The van der Waals surface area contributed by atoms with Gasteiger partial charge in [-0.2, -0.15) is 0 Å². The smallest absolute Gasteiger partial charge is 0.0351 e. The molecule has 1 aliphatic rings. The predicted molar refractivity (Wildman–Crippen MR) is 273 cm³/mol. The lowest BCUT2D eigenvalue weighted by Gasteiger charge is -2.05. The van der Waals surface area contributed by atoms with E-state index in [0.717, 1.165) is 0 Å². The summed E-state index contributed by atoms with van der Waals surface area (Å²) in [4.78, 5) is 0. The first-order chi connectivity index (χ1) is 27.2. The number of rotatable bonds is 0. The zero-order valence-electron chi connectivity index (χ0n) is 43.3. The molecule has 1 fully saturated rings. The zero-order chi connectivity index (χ0) is 47.3. The molecule has 0 saturated heterocycles. The highest BCUT2D eigenvalue weighted by atomic mass is 16.5. The third-order valence-corrected chi connectivity index (χ3v) is 4.17. The summed E-state index contributed by atoms with van der Waals surface area (Å²) in [6.45, 7) is 35.0. The van der Waals surface area contributed by atoms with E-state index >= 15 is 0 Å². The molecule has 0 unspecified atom stereocenters. The molecule has 344 valence electrons. The molecular formula is C56H102O3. The molecule has 0 spiro atoms. The largest absolute Gasteiger partial charge is 0.388 e. The van der Waals surface area contributed by atoms with Crippen molar-refractivity contribution in [3.63, 3.8) is 0 Å². The van der Waals surface area contributed by atoms with Gasteiger partial charge in [-0.1, -0.05) is 295 Å². The molecule has 0 heterocycles. The Morgan fingerprint density at radius 2 is 0.220 bits per heavy atom. The normalized spacial score (nSPS) is 10.7. The van der Waals surface area contributed by atoms with Crippen molar-refractivity contribution in [3.8, 4) is 0 Å². The van der Waals surface area contributed by atoms with Gasteiger partial charge in [0.25, 0.3) is 0 Å². The second kappa shape index (κ2) is 54.8. The second-order valence-electron chi connectivity index (χ2n) is 20.0. The van der Waals surface area contributed by atoms with Crippen LogP contribution in [0.4, 0.5) is 0 Å². The van der Waals surface area contributed by atoms with Crippen LogP contribution >= 0.6 is 0 Å². The third kappa shape index (κ3) is 213. The van der Waals surface area contributed by atoms with Crippen LogP contribution in [-0.4, -0.2) is 42.7 Å². The van der Waals surface area contributed by atoms with Gasteiger partial charge in [0.15, 0.2) is 0 Å². The van der Waals surface area contributed by atoms with Crippen LogP contribution in [0.3, 0.4) is 0 Å². The van der Waals surface area contributed by atoms with Crippen molar-refractivity contribution in [1.29, 1.82) is 0 Å². The molecule has 5 rings (SSSR count). The van der Waals surface area contributed by atoms with Gasteiger partial charge in [-0.15, -0.1) is 0 Å². The number of hydrogen-bond donors (Lipinski definition) is 0. The Hall–Kier alpha value is -3.24. The molecule has 0 N–H and O–H groups in total. The number of hydrogen-bond acceptors (Lipinski definition) is 3. The Bertz CT molecular complexity index is 812. The molecule has 0 aliphatic heterocycles. The van der Waals surface area contributed by atoms with Crippen LogP contribution in [0.25, 0.3) is 0 Å². The maximum absolute atomic E-state index is 4.25. The fourth-order valence-corrected chi connectivity index (χ4v) is 2.60. The van der Waals surface area contributed by atoms with Crippen LogP contribution in [0.15, 0.2) is 146 Å². The molecule has 0 aromatic heterocycles. The first kappa shape index (κ1) is 70.3. The van der Waals surface area contributed by atoms with Crippen molar-refractivity contribution < 1.29 is 14.2 Å². The first-order valence-electron chi connectivity index (χ1n) is 21.4. The average molecular weight is 823 g/mol. The predicted octanol–water partition coefficient (Wildman–Crippen LogP) is 18.1. The molecule has 3 heteroatoms. The maximum atomic E-state index is 4.25. The summed E-state index contributed by atoms with van der Waals surface area (Å²) in [6.07, 6.45) is 9.00. The standard InChI is InChI=1S/C6H12.4C6H6.4C5H12.3C2H6O/c5*1-2-4-6-5-3-1;4*1-5(2,3)4;3*1-3-2/h1-6H2;4*1-6H;4*1-4H3;3*1-2H3. The molecular weight excluding hydrogens is 721 g/mol. The van der Waals surface area contributed by atoms with E-state index in [1.165, 1.54) is 38.5 Å². The van der Waals surface area contributed by atoms with E-state index in [2.05, 4.69) is 125 Å². The van der Waals surface area contributed by atoms with E-state index in [4.69, 9.17) is 0 Å². The number of ether oxygens (including phenoxy) is 3. The Balaban J connectivity index is -0.000000101. The Kier molecular flexibility index (Phi) is 65.3. The second-order valence-corrected chi connectivity index (χ2v) is 20.0. The molecule has 4 aromatic carbocycles. The molecule has 59 heavy (non-hydrogen) atoms. The summed E-state index contributed by atoms with van der Waals surface area (Å²) in [6, 6.07) is 48.0. The molecule has 3 nitrogen and oxygen atoms in total. The van der Waals surface area contributed by atoms with Crippen molar-refractivity contribution in [2.45, 2.75) is 149 Å².